The lowest BCUT2D eigenvalue weighted by atomic mass is 10.2. The van der Waals surface area contributed by atoms with E-state index in [9.17, 15) is 9.18 Å². The van der Waals surface area contributed by atoms with Crippen molar-refractivity contribution in [2.75, 3.05) is 26.2 Å². The van der Waals surface area contributed by atoms with Gasteiger partial charge in [-0.2, -0.15) is 0 Å². The normalized spacial score (nSPS) is 15.0. The number of nitrogens with zero attached hydrogens (tertiary/aromatic N) is 3. The van der Waals surface area contributed by atoms with Gasteiger partial charge in [0.2, 0.25) is 0 Å². The van der Waals surface area contributed by atoms with Gasteiger partial charge in [-0.25, -0.2) is 9.37 Å². The number of rotatable bonds is 4. The Kier molecular flexibility index (Phi) is 5.85. The van der Waals surface area contributed by atoms with Gasteiger partial charge in [-0.3, -0.25) is 9.69 Å². The smallest absolute Gasteiger partial charge is 0.255 e. The quantitative estimate of drug-likeness (QED) is 0.568. The van der Waals surface area contributed by atoms with Crippen LogP contribution >= 0.6 is 27.3 Å². The molecule has 3 aromatic rings. The summed E-state index contributed by atoms with van der Waals surface area (Å²) in [7, 11) is 0. The Morgan fingerprint density at radius 1 is 1.07 bits per heavy atom. The molecule has 0 spiro atoms. The minimum Gasteiger partial charge on any atom is -0.336 e. The Balaban J connectivity index is 1.34. The first-order valence-electron chi connectivity index (χ1n) is 9.06. The third-order valence-electron chi connectivity index (χ3n) is 4.81. The van der Waals surface area contributed by atoms with E-state index in [2.05, 4.69) is 25.8 Å². The van der Waals surface area contributed by atoms with Crippen molar-refractivity contribution in [3.8, 4) is 11.3 Å². The Morgan fingerprint density at radius 2 is 1.79 bits per heavy atom. The number of hydrogen-bond acceptors (Lipinski definition) is 4. The van der Waals surface area contributed by atoms with E-state index in [1.807, 2.05) is 34.5 Å². The van der Waals surface area contributed by atoms with Gasteiger partial charge in [0, 0.05) is 41.6 Å². The molecule has 7 heteroatoms. The summed E-state index contributed by atoms with van der Waals surface area (Å²) in [6.07, 6.45) is 0. The maximum atomic E-state index is 13.1. The Labute approximate surface area is 175 Å². The molecule has 1 aromatic heterocycles. The lowest BCUT2D eigenvalue weighted by Gasteiger charge is -2.34. The van der Waals surface area contributed by atoms with E-state index in [1.165, 1.54) is 12.1 Å². The Bertz CT molecular complexity index is 968. The van der Waals surface area contributed by atoms with E-state index in [4.69, 9.17) is 0 Å². The topological polar surface area (TPSA) is 36.4 Å². The van der Waals surface area contributed by atoms with Gasteiger partial charge >= 0.3 is 0 Å². The molecule has 0 radical (unpaired) electrons. The van der Waals surface area contributed by atoms with Crippen LogP contribution in [0.4, 0.5) is 4.39 Å². The van der Waals surface area contributed by atoms with Crippen molar-refractivity contribution < 1.29 is 9.18 Å². The van der Waals surface area contributed by atoms with Gasteiger partial charge in [0.25, 0.3) is 5.91 Å². The first kappa shape index (κ1) is 19.2. The summed E-state index contributed by atoms with van der Waals surface area (Å²) >= 11 is 5.07. The molecule has 0 saturated carbocycles. The van der Waals surface area contributed by atoms with E-state index >= 15 is 0 Å². The van der Waals surface area contributed by atoms with E-state index < -0.39 is 0 Å². The number of thiazole rings is 1. The molecule has 0 aliphatic carbocycles. The maximum absolute atomic E-state index is 13.1. The molecular formula is C21H19BrFN3OS. The van der Waals surface area contributed by atoms with Crippen molar-refractivity contribution in [2.45, 2.75) is 6.54 Å². The molecule has 1 saturated heterocycles. The average molecular weight is 460 g/mol. The van der Waals surface area contributed by atoms with E-state index in [0.29, 0.717) is 18.7 Å². The van der Waals surface area contributed by atoms with Gasteiger partial charge in [0.05, 0.1) is 17.8 Å². The lowest BCUT2D eigenvalue weighted by Crippen LogP contribution is -2.48. The van der Waals surface area contributed by atoms with Crippen molar-refractivity contribution in [1.29, 1.82) is 0 Å². The predicted octanol–water partition coefficient (Wildman–Crippen LogP) is 4.67. The highest BCUT2D eigenvalue weighted by atomic mass is 79.9. The number of halogens is 2. The summed E-state index contributed by atoms with van der Waals surface area (Å²) in [5.74, 6) is -0.172. The fourth-order valence-electron chi connectivity index (χ4n) is 3.24. The fraction of sp³-hybridized carbons (Fsp3) is 0.238. The minimum atomic E-state index is -0.242. The third-order valence-corrected chi connectivity index (χ3v) is 6.34. The molecule has 0 atom stereocenters. The van der Waals surface area contributed by atoms with E-state index in [0.717, 1.165) is 40.4 Å². The summed E-state index contributed by atoms with van der Waals surface area (Å²) in [6.45, 7) is 3.82. The molecule has 0 N–H and O–H groups in total. The minimum absolute atomic E-state index is 0.0694. The Hall–Kier alpha value is -2.09. The number of aromatic nitrogens is 1. The molecule has 2 aromatic carbocycles. The van der Waals surface area contributed by atoms with Gasteiger partial charge in [0.1, 0.15) is 10.8 Å². The van der Waals surface area contributed by atoms with E-state index in [1.54, 1.807) is 23.5 Å². The molecule has 1 fully saturated rings. The molecule has 4 nitrogen and oxygen atoms in total. The molecule has 0 unspecified atom stereocenters. The van der Waals surface area contributed by atoms with Crippen molar-refractivity contribution >= 4 is 33.2 Å². The molecule has 2 heterocycles. The summed E-state index contributed by atoms with van der Waals surface area (Å²) in [5.41, 5.74) is 2.51. The average Bonchev–Trinajstić information content (AvgIpc) is 3.17. The third kappa shape index (κ3) is 4.32. The predicted molar refractivity (Wildman–Crippen MR) is 113 cm³/mol. The zero-order chi connectivity index (χ0) is 19.5. The second-order valence-corrected chi connectivity index (χ2v) is 8.48. The molecule has 4 rings (SSSR count). The lowest BCUT2D eigenvalue weighted by molar-refractivity contribution is 0.0627. The highest BCUT2D eigenvalue weighted by molar-refractivity contribution is 9.10. The highest BCUT2D eigenvalue weighted by Crippen LogP contribution is 2.24. The molecular weight excluding hydrogens is 441 g/mol. The van der Waals surface area contributed by atoms with Crippen LogP contribution in [0, 0.1) is 5.82 Å². The summed E-state index contributed by atoms with van der Waals surface area (Å²) in [4.78, 5) is 21.6. The summed E-state index contributed by atoms with van der Waals surface area (Å²) in [6, 6.07) is 13.9. The monoisotopic (exact) mass is 459 g/mol. The molecule has 1 aliphatic heterocycles. The van der Waals surface area contributed by atoms with Crippen molar-refractivity contribution in [3.05, 3.63) is 74.8 Å². The second kappa shape index (κ2) is 8.51. The SMILES string of the molecule is O=C(c1ccccc1Br)N1CCN(Cc2nc(-c3ccc(F)cc3)cs2)CC1. The number of amides is 1. The van der Waals surface area contributed by atoms with E-state index in [-0.39, 0.29) is 11.7 Å². The molecule has 28 heavy (non-hydrogen) atoms. The number of hydrogen-bond donors (Lipinski definition) is 0. The van der Waals surface area contributed by atoms with Crippen LogP contribution in [0.25, 0.3) is 11.3 Å². The number of carbonyl (C=O) groups is 1. The van der Waals surface area contributed by atoms with Crippen molar-refractivity contribution in [2.24, 2.45) is 0 Å². The van der Waals surface area contributed by atoms with Crippen LogP contribution in [0.1, 0.15) is 15.4 Å². The fourth-order valence-corrected chi connectivity index (χ4v) is 4.54. The molecule has 144 valence electrons. The zero-order valence-corrected chi connectivity index (χ0v) is 17.5. The van der Waals surface area contributed by atoms with Gasteiger partial charge in [-0.15, -0.1) is 11.3 Å². The van der Waals surface area contributed by atoms with Gasteiger partial charge < -0.3 is 4.90 Å². The van der Waals surface area contributed by atoms with Crippen LogP contribution in [-0.2, 0) is 6.54 Å². The highest BCUT2D eigenvalue weighted by Gasteiger charge is 2.23. The Morgan fingerprint density at radius 3 is 2.50 bits per heavy atom. The molecule has 1 amide bonds. The first-order valence-corrected chi connectivity index (χ1v) is 10.7. The van der Waals surface area contributed by atoms with Crippen molar-refractivity contribution in [1.82, 2.24) is 14.8 Å². The standard InChI is InChI=1S/C21H19BrFN3OS/c22-18-4-2-1-3-17(18)21(27)26-11-9-25(10-12-26)13-20-24-19(14-28-20)15-5-7-16(23)8-6-15/h1-8,14H,9-13H2. The van der Waals surface area contributed by atoms with Gasteiger partial charge in [-0.05, 0) is 52.3 Å². The number of carbonyl (C=O) groups excluding carboxylic acids is 1. The largest absolute Gasteiger partial charge is 0.336 e. The molecule has 0 bridgehead atoms. The van der Waals surface area contributed by atoms with Crippen LogP contribution in [0.5, 0.6) is 0 Å². The van der Waals surface area contributed by atoms with Gasteiger partial charge in [-0.1, -0.05) is 12.1 Å². The number of piperazine rings is 1. The number of benzene rings is 2. The van der Waals surface area contributed by atoms with Crippen LogP contribution in [0.3, 0.4) is 0 Å². The van der Waals surface area contributed by atoms with Gasteiger partial charge in [0.15, 0.2) is 0 Å². The zero-order valence-electron chi connectivity index (χ0n) is 15.1. The van der Waals surface area contributed by atoms with Crippen LogP contribution in [0.2, 0.25) is 0 Å². The summed E-state index contributed by atoms with van der Waals surface area (Å²) < 4.78 is 13.9. The summed E-state index contributed by atoms with van der Waals surface area (Å²) in [5, 5.41) is 3.04. The van der Waals surface area contributed by atoms with Crippen molar-refractivity contribution in [3.63, 3.8) is 0 Å². The maximum Gasteiger partial charge on any atom is 0.255 e. The second-order valence-electron chi connectivity index (χ2n) is 6.68. The van der Waals surface area contributed by atoms with Crippen LogP contribution < -0.4 is 0 Å². The van der Waals surface area contributed by atoms with Crippen LogP contribution in [-0.4, -0.2) is 46.9 Å². The molecule has 1 aliphatic rings. The first-order chi connectivity index (χ1) is 13.6. The van der Waals surface area contributed by atoms with Crippen LogP contribution in [0.15, 0.2) is 58.4 Å².